The zero-order chi connectivity index (χ0) is 14.7. The molecule has 0 bridgehead atoms. The van der Waals surface area contributed by atoms with Crippen molar-refractivity contribution in [1.29, 1.82) is 0 Å². The van der Waals surface area contributed by atoms with E-state index in [0.29, 0.717) is 0 Å². The third kappa shape index (κ3) is 1.53. The van der Waals surface area contributed by atoms with Crippen LogP contribution in [-0.4, -0.2) is 4.98 Å². The van der Waals surface area contributed by atoms with Crippen LogP contribution in [0.15, 0.2) is 71.2 Å². The normalized spacial score (nSPS) is 11.9. The first kappa shape index (κ1) is 12.2. The van der Waals surface area contributed by atoms with Crippen LogP contribution in [0, 0.1) is 0 Å². The van der Waals surface area contributed by atoms with Gasteiger partial charge in [-0.1, -0.05) is 64.5 Å². The van der Waals surface area contributed by atoms with E-state index in [9.17, 15) is 0 Å². The molecule has 0 fully saturated rings. The van der Waals surface area contributed by atoms with Crippen molar-refractivity contribution >= 4 is 59.3 Å². The lowest BCUT2D eigenvalue weighted by Crippen LogP contribution is -1.81. The van der Waals surface area contributed by atoms with Gasteiger partial charge in [-0.3, -0.25) is 0 Å². The molecule has 0 unspecified atom stereocenters. The second kappa shape index (κ2) is 4.34. The highest BCUT2D eigenvalue weighted by molar-refractivity contribution is 9.10. The molecule has 104 valence electrons. The number of aromatic nitrogens is 1. The maximum Gasteiger partial charge on any atom is 0.0471 e. The number of nitrogens with one attached hydrogen (secondary N) is 1. The van der Waals surface area contributed by atoms with Gasteiger partial charge in [0.2, 0.25) is 0 Å². The van der Waals surface area contributed by atoms with Crippen molar-refractivity contribution in [2.24, 2.45) is 0 Å². The van der Waals surface area contributed by atoms with Crippen molar-refractivity contribution in [2.45, 2.75) is 0 Å². The Morgan fingerprint density at radius 3 is 2.23 bits per heavy atom. The Bertz CT molecular complexity index is 1180. The number of halogens is 1. The topological polar surface area (TPSA) is 15.8 Å². The van der Waals surface area contributed by atoms with Gasteiger partial charge in [0, 0.05) is 26.3 Å². The van der Waals surface area contributed by atoms with E-state index in [1.54, 1.807) is 0 Å². The first-order valence-electron chi connectivity index (χ1n) is 7.33. The molecule has 5 aromatic rings. The Labute approximate surface area is 135 Å². The number of hydrogen-bond donors (Lipinski definition) is 1. The summed E-state index contributed by atoms with van der Waals surface area (Å²) < 4.78 is 1.15. The fourth-order valence-electron chi connectivity index (χ4n) is 3.49. The second-order valence-electron chi connectivity index (χ2n) is 5.66. The highest BCUT2D eigenvalue weighted by Crippen LogP contribution is 2.39. The lowest BCUT2D eigenvalue weighted by molar-refractivity contribution is 1.55. The van der Waals surface area contributed by atoms with E-state index in [0.717, 1.165) is 4.47 Å². The molecule has 0 aliphatic carbocycles. The summed E-state index contributed by atoms with van der Waals surface area (Å²) in [5, 5.41) is 7.75. The molecule has 0 amide bonds. The molecule has 5 rings (SSSR count). The molecule has 0 aliphatic heterocycles. The van der Waals surface area contributed by atoms with Crippen LogP contribution in [0.3, 0.4) is 0 Å². The fourth-order valence-corrected chi connectivity index (χ4v) is 4.08. The summed E-state index contributed by atoms with van der Waals surface area (Å²) in [4.78, 5) is 3.54. The summed E-state index contributed by atoms with van der Waals surface area (Å²) in [6.45, 7) is 0. The van der Waals surface area contributed by atoms with Crippen molar-refractivity contribution in [1.82, 2.24) is 4.98 Å². The number of fused-ring (bicyclic) bond motifs is 7. The van der Waals surface area contributed by atoms with E-state index in [1.807, 2.05) is 0 Å². The van der Waals surface area contributed by atoms with Crippen LogP contribution in [0.5, 0.6) is 0 Å². The van der Waals surface area contributed by atoms with Gasteiger partial charge in [-0.2, -0.15) is 0 Å². The van der Waals surface area contributed by atoms with Gasteiger partial charge in [-0.05, 0) is 39.7 Å². The Morgan fingerprint density at radius 1 is 0.636 bits per heavy atom. The third-order valence-corrected chi connectivity index (χ3v) is 5.10. The highest BCUT2D eigenvalue weighted by atomic mass is 79.9. The average molecular weight is 346 g/mol. The molecule has 2 heteroatoms. The van der Waals surface area contributed by atoms with Crippen molar-refractivity contribution in [2.75, 3.05) is 0 Å². The molecule has 0 saturated carbocycles. The zero-order valence-electron chi connectivity index (χ0n) is 11.7. The number of rotatable bonds is 0. The van der Waals surface area contributed by atoms with Crippen LogP contribution in [-0.2, 0) is 0 Å². The number of benzene rings is 4. The van der Waals surface area contributed by atoms with Crippen molar-refractivity contribution in [3.05, 3.63) is 71.2 Å². The smallest absolute Gasteiger partial charge is 0.0471 e. The summed E-state index contributed by atoms with van der Waals surface area (Å²) in [6, 6.07) is 23.7. The van der Waals surface area contributed by atoms with Gasteiger partial charge in [0.05, 0.1) is 0 Å². The number of aromatic amines is 1. The summed E-state index contributed by atoms with van der Waals surface area (Å²) in [7, 11) is 0. The molecule has 1 aromatic heterocycles. The van der Waals surface area contributed by atoms with E-state index in [-0.39, 0.29) is 0 Å². The van der Waals surface area contributed by atoms with Gasteiger partial charge in [-0.25, -0.2) is 0 Å². The van der Waals surface area contributed by atoms with Gasteiger partial charge in [0.15, 0.2) is 0 Å². The van der Waals surface area contributed by atoms with Crippen molar-refractivity contribution in [3.8, 4) is 0 Å². The first-order chi connectivity index (χ1) is 10.8. The minimum Gasteiger partial charge on any atom is -0.354 e. The molecular weight excluding hydrogens is 334 g/mol. The van der Waals surface area contributed by atoms with Gasteiger partial charge in [-0.15, -0.1) is 0 Å². The maximum atomic E-state index is 3.71. The number of para-hydroxylation sites is 1. The quantitative estimate of drug-likeness (QED) is 0.313. The fraction of sp³-hybridized carbons (Fsp3) is 0. The number of H-pyrrole nitrogens is 1. The number of hydrogen-bond acceptors (Lipinski definition) is 0. The predicted molar refractivity (Wildman–Crippen MR) is 98.5 cm³/mol. The van der Waals surface area contributed by atoms with E-state index in [2.05, 4.69) is 87.6 Å². The Kier molecular flexibility index (Phi) is 2.42. The summed E-state index contributed by atoms with van der Waals surface area (Å²) in [5.74, 6) is 0. The van der Waals surface area contributed by atoms with Crippen molar-refractivity contribution < 1.29 is 0 Å². The van der Waals surface area contributed by atoms with Crippen LogP contribution >= 0.6 is 15.9 Å². The molecule has 0 radical (unpaired) electrons. The summed E-state index contributed by atoms with van der Waals surface area (Å²) >= 11 is 3.71. The molecule has 22 heavy (non-hydrogen) atoms. The van der Waals surface area contributed by atoms with E-state index >= 15 is 0 Å². The minimum absolute atomic E-state index is 1.15. The minimum atomic E-state index is 1.15. The molecule has 1 heterocycles. The van der Waals surface area contributed by atoms with E-state index in [1.165, 1.54) is 43.4 Å². The summed E-state index contributed by atoms with van der Waals surface area (Å²) in [6.07, 6.45) is 0. The lowest BCUT2D eigenvalue weighted by Gasteiger charge is -2.08. The second-order valence-corrected chi connectivity index (χ2v) is 6.52. The van der Waals surface area contributed by atoms with Gasteiger partial charge >= 0.3 is 0 Å². The Hall–Kier alpha value is -2.32. The predicted octanol–water partition coefficient (Wildman–Crippen LogP) is 6.39. The maximum absolute atomic E-state index is 3.71. The SMILES string of the molecule is Brc1cc2ccc3[nH]c4ccccc4c3c2c2ccccc12. The molecule has 0 spiro atoms. The Balaban J connectivity index is 2.19. The van der Waals surface area contributed by atoms with Gasteiger partial charge < -0.3 is 4.98 Å². The first-order valence-corrected chi connectivity index (χ1v) is 8.12. The van der Waals surface area contributed by atoms with E-state index in [4.69, 9.17) is 0 Å². The van der Waals surface area contributed by atoms with Crippen LogP contribution in [0.4, 0.5) is 0 Å². The van der Waals surface area contributed by atoms with Crippen LogP contribution in [0.1, 0.15) is 0 Å². The molecule has 1 nitrogen and oxygen atoms in total. The largest absolute Gasteiger partial charge is 0.354 e. The average Bonchev–Trinajstić information content (AvgIpc) is 2.93. The van der Waals surface area contributed by atoms with Crippen molar-refractivity contribution in [3.63, 3.8) is 0 Å². The molecule has 0 aliphatic rings. The molecule has 4 aromatic carbocycles. The third-order valence-electron chi connectivity index (χ3n) is 4.44. The monoisotopic (exact) mass is 345 g/mol. The lowest BCUT2D eigenvalue weighted by atomic mass is 9.97. The van der Waals surface area contributed by atoms with Crippen LogP contribution < -0.4 is 0 Å². The summed E-state index contributed by atoms with van der Waals surface area (Å²) in [5.41, 5.74) is 2.39. The van der Waals surface area contributed by atoms with Gasteiger partial charge in [0.1, 0.15) is 0 Å². The highest BCUT2D eigenvalue weighted by Gasteiger charge is 2.11. The van der Waals surface area contributed by atoms with Gasteiger partial charge in [0.25, 0.3) is 0 Å². The molecule has 0 saturated heterocycles. The van der Waals surface area contributed by atoms with E-state index < -0.39 is 0 Å². The molecular formula is C20H12BrN. The van der Waals surface area contributed by atoms with Crippen LogP contribution in [0.2, 0.25) is 0 Å². The standard InChI is InChI=1S/C20H12BrN/c21-16-11-12-9-10-18-20(15-7-3-4-8-17(15)22-18)19(12)14-6-2-1-5-13(14)16/h1-11,22H. The van der Waals surface area contributed by atoms with Crippen LogP contribution in [0.25, 0.3) is 43.4 Å². The Morgan fingerprint density at radius 2 is 1.36 bits per heavy atom. The molecule has 1 N–H and O–H groups in total. The zero-order valence-corrected chi connectivity index (χ0v) is 13.3. The molecule has 0 atom stereocenters.